The van der Waals surface area contributed by atoms with Crippen molar-refractivity contribution in [2.45, 2.75) is 26.0 Å². The minimum Gasteiger partial charge on any atom is -0.394 e. The Balaban J connectivity index is 3.54. The molecule has 0 aliphatic rings. The highest BCUT2D eigenvalue weighted by atomic mass is 28.1. The van der Waals surface area contributed by atoms with Crippen molar-refractivity contribution < 1.29 is 5.11 Å². The highest BCUT2D eigenvalue weighted by molar-refractivity contribution is 6.14. The number of rotatable bonds is 1. The largest absolute Gasteiger partial charge is 0.394 e. The van der Waals surface area contributed by atoms with Gasteiger partial charge in [0, 0.05) is 15.5 Å². The van der Waals surface area contributed by atoms with Gasteiger partial charge < -0.3 is 5.11 Å². The molecule has 1 atom stereocenters. The molecule has 0 bridgehead atoms. The van der Waals surface area contributed by atoms with E-state index in [1.165, 1.54) is 0 Å². The topological polar surface area (TPSA) is 20.2 Å². The van der Waals surface area contributed by atoms with Gasteiger partial charge >= 0.3 is 0 Å². The first-order valence-electron chi connectivity index (χ1n) is 2.67. The summed E-state index contributed by atoms with van der Waals surface area (Å²) >= 11 is 0. The van der Waals surface area contributed by atoms with E-state index in [0.717, 1.165) is 10.2 Å². The molecule has 1 nitrogen and oxygen atoms in total. The van der Waals surface area contributed by atoms with E-state index < -0.39 is 0 Å². The predicted molar refractivity (Wildman–Crippen MR) is 35.4 cm³/mol. The van der Waals surface area contributed by atoms with Crippen LogP contribution in [0.1, 0.15) is 20.8 Å². The zero-order chi connectivity index (χ0) is 6.08. The maximum atomic E-state index is 9.16. The van der Waals surface area contributed by atoms with Crippen molar-refractivity contribution in [2.24, 2.45) is 5.92 Å². The van der Waals surface area contributed by atoms with Crippen LogP contribution in [-0.2, 0) is 0 Å². The Morgan fingerprint density at radius 1 is 1.57 bits per heavy atom. The van der Waals surface area contributed by atoms with Gasteiger partial charge in [0.25, 0.3) is 0 Å². The summed E-state index contributed by atoms with van der Waals surface area (Å²) in [5.41, 5.74) is 0. The van der Waals surface area contributed by atoms with Gasteiger partial charge in [-0.1, -0.05) is 13.8 Å². The van der Waals surface area contributed by atoms with Crippen molar-refractivity contribution in [1.29, 1.82) is 0 Å². The van der Waals surface area contributed by atoms with Crippen LogP contribution in [0.4, 0.5) is 0 Å². The van der Waals surface area contributed by atoms with Crippen LogP contribution >= 0.6 is 0 Å². The van der Waals surface area contributed by atoms with Gasteiger partial charge in [0.1, 0.15) is 0 Å². The van der Waals surface area contributed by atoms with E-state index in [4.69, 9.17) is 5.11 Å². The molecule has 0 aromatic rings. The molecule has 1 unspecified atom stereocenters. The lowest BCUT2D eigenvalue weighted by Gasteiger charge is -2.21. The molecule has 0 aliphatic heterocycles. The Kier molecular flexibility index (Phi) is 2.02. The van der Waals surface area contributed by atoms with Gasteiger partial charge in [0.2, 0.25) is 0 Å². The summed E-state index contributed by atoms with van der Waals surface area (Å²) in [7, 11) is 0.868. The molecule has 0 spiro atoms. The first kappa shape index (κ1) is 7.18. The summed E-state index contributed by atoms with van der Waals surface area (Å²) in [4.78, 5) is 0. The molecule has 0 aliphatic carbocycles. The lowest BCUT2D eigenvalue weighted by molar-refractivity contribution is 0.0982. The fraction of sp³-hybridized carbons (Fsp3) is 1.00. The van der Waals surface area contributed by atoms with Gasteiger partial charge in [-0.15, -0.1) is 0 Å². The minimum atomic E-state index is -0.361. The minimum absolute atomic E-state index is 0.361. The normalized spacial score (nSPS) is 20.1. The number of hydrogen-bond donors (Lipinski definition) is 1. The van der Waals surface area contributed by atoms with Gasteiger partial charge in [0.15, 0.2) is 0 Å². The summed E-state index contributed by atoms with van der Waals surface area (Å²) in [6.07, 6.45) is 0. The summed E-state index contributed by atoms with van der Waals surface area (Å²) in [5.74, 6) is 0.416. The third-order valence-corrected chi connectivity index (χ3v) is 2.57. The lowest BCUT2D eigenvalue weighted by atomic mass is 10.1. The zero-order valence-corrected chi connectivity index (χ0v) is 7.52. The maximum Gasteiger partial charge on any atom is 0.0446 e. The molecule has 0 aromatic carbocycles. The van der Waals surface area contributed by atoms with E-state index in [2.05, 4.69) is 0 Å². The summed E-state index contributed by atoms with van der Waals surface area (Å²) in [6, 6.07) is 0. The van der Waals surface area contributed by atoms with Gasteiger partial charge in [-0.3, -0.25) is 0 Å². The first-order chi connectivity index (χ1) is 2.94. The van der Waals surface area contributed by atoms with Crippen molar-refractivity contribution in [2.75, 3.05) is 0 Å². The molecule has 0 fully saturated rings. The Morgan fingerprint density at radius 3 is 1.71 bits per heavy atom. The SMILES string of the molecule is CC(C)C(C)(O)[SiH3]. The highest BCUT2D eigenvalue weighted by Crippen LogP contribution is 2.09. The average Bonchev–Trinajstić information content (AvgIpc) is 1.31. The summed E-state index contributed by atoms with van der Waals surface area (Å²) in [6.45, 7) is 5.95. The number of aliphatic hydroxyl groups is 1. The molecule has 0 rings (SSSR count). The molecule has 7 heavy (non-hydrogen) atoms. The van der Waals surface area contributed by atoms with Crippen LogP contribution in [0.2, 0.25) is 0 Å². The van der Waals surface area contributed by atoms with E-state index in [-0.39, 0.29) is 5.22 Å². The zero-order valence-electron chi connectivity index (χ0n) is 5.52. The fourth-order valence-corrected chi connectivity index (χ4v) is 0. The summed E-state index contributed by atoms with van der Waals surface area (Å²) < 4.78 is 0. The molecule has 0 heterocycles. The first-order valence-corrected chi connectivity index (χ1v) is 3.67. The monoisotopic (exact) mass is 118 g/mol. The predicted octanol–water partition coefficient (Wildman–Crippen LogP) is -0.284. The summed E-state index contributed by atoms with van der Waals surface area (Å²) in [5, 5.41) is 8.80. The standard InChI is InChI=1S/C5H14OSi/c1-4(2)5(3,6)7/h4,6H,1-3,7H3. The smallest absolute Gasteiger partial charge is 0.0446 e. The molecular weight excluding hydrogens is 104 g/mol. The van der Waals surface area contributed by atoms with Gasteiger partial charge in [-0.2, -0.15) is 0 Å². The van der Waals surface area contributed by atoms with Crippen molar-refractivity contribution in [1.82, 2.24) is 0 Å². The van der Waals surface area contributed by atoms with Gasteiger partial charge in [-0.05, 0) is 12.8 Å². The van der Waals surface area contributed by atoms with Gasteiger partial charge in [0.05, 0.1) is 0 Å². The molecule has 0 amide bonds. The molecule has 44 valence electrons. The Morgan fingerprint density at radius 2 is 1.71 bits per heavy atom. The molecule has 0 saturated heterocycles. The molecule has 0 saturated carbocycles. The Bertz CT molecular complexity index is 53.6. The lowest BCUT2D eigenvalue weighted by Crippen LogP contribution is -2.30. The second-order valence-electron chi connectivity index (χ2n) is 2.81. The van der Waals surface area contributed by atoms with Crippen molar-refractivity contribution >= 4 is 10.2 Å². The van der Waals surface area contributed by atoms with E-state index in [9.17, 15) is 0 Å². The molecule has 1 N–H and O–H groups in total. The van der Waals surface area contributed by atoms with Crippen molar-refractivity contribution in [3.63, 3.8) is 0 Å². The van der Waals surface area contributed by atoms with Crippen LogP contribution < -0.4 is 0 Å². The molecule has 0 aromatic heterocycles. The third kappa shape index (κ3) is 2.82. The van der Waals surface area contributed by atoms with Crippen LogP contribution in [0.15, 0.2) is 0 Å². The fourth-order valence-electron chi connectivity index (χ4n) is 0. The van der Waals surface area contributed by atoms with E-state index >= 15 is 0 Å². The van der Waals surface area contributed by atoms with Crippen LogP contribution in [0.25, 0.3) is 0 Å². The van der Waals surface area contributed by atoms with Crippen LogP contribution in [0, 0.1) is 5.92 Å². The second kappa shape index (κ2) is 1.97. The van der Waals surface area contributed by atoms with E-state index in [1.807, 2.05) is 20.8 Å². The molecule has 2 heteroatoms. The Hall–Kier alpha value is 0.177. The molecular formula is C5H14OSi. The van der Waals surface area contributed by atoms with Crippen molar-refractivity contribution in [3.05, 3.63) is 0 Å². The average molecular weight is 118 g/mol. The molecule has 0 radical (unpaired) electrons. The van der Waals surface area contributed by atoms with Crippen molar-refractivity contribution in [3.8, 4) is 0 Å². The second-order valence-corrected chi connectivity index (χ2v) is 4.83. The Labute approximate surface area is 48.2 Å². The van der Waals surface area contributed by atoms with Crippen LogP contribution in [0.5, 0.6) is 0 Å². The van der Waals surface area contributed by atoms with E-state index in [1.54, 1.807) is 0 Å². The quantitative estimate of drug-likeness (QED) is 0.469. The van der Waals surface area contributed by atoms with Crippen LogP contribution in [-0.4, -0.2) is 20.6 Å². The van der Waals surface area contributed by atoms with E-state index in [0.29, 0.717) is 5.92 Å². The number of hydrogen-bond acceptors (Lipinski definition) is 1. The highest BCUT2D eigenvalue weighted by Gasteiger charge is 2.16. The van der Waals surface area contributed by atoms with Crippen LogP contribution in [0.3, 0.4) is 0 Å². The third-order valence-electron chi connectivity index (χ3n) is 1.41. The maximum absolute atomic E-state index is 9.16. The van der Waals surface area contributed by atoms with Gasteiger partial charge in [-0.25, -0.2) is 0 Å².